The van der Waals surface area contributed by atoms with Gasteiger partial charge in [0.1, 0.15) is 0 Å². The van der Waals surface area contributed by atoms with Crippen molar-refractivity contribution in [3.05, 3.63) is 46.5 Å². The van der Waals surface area contributed by atoms with Gasteiger partial charge in [-0.05, 0) is 25.3 Å². The zero-order valence-electron chi connectivity index (χ0n) is 15.8. The van der Waals surface area contributed by atoms with E-state index in [9.17, 15) is 0 Å². The van der Waals surface area contributed by atoms with Crippen molar-refractivity contribution >= 4 is 22.4 Å². The molecule has 0 aliphatic rings. The molecule has 1 aromatic heterocycles. The monoisotopic (exact) mass is 359 g/mol. The van der Waals surface area contributed by atoms with Crippen LogP contribution in [-0.4, -0.2) is 38.1 Å². The number of aryl methyl sites for hydroxylation is 1. The lowest BCUT2D eigenvalue weighted by molar-refractivity contribution is 0.699. The quantitative estimate of drug-likeness (QED) is 0.588. The highest BCUT2D eigenvalue weighted by Gasteiger charge is 2.08. The maximum atomic E-state index is 4.66. The van der Waals surface area contributed by atoms with Crippen LogP contribution >= 0.6 is 11.3 Å². The summed E-state index contributed by atoms with van der Waals surface area (Å²) in [6, 6.07) is 8.67. The molecule has 0 amide bonds. The van der Waals surface area contributed by atoms with Crippen molar-refractivity contribution in [1.82, 2.24) is 15.6 Å². The minimum atomic E-state index is 0.420. The normalized spacial score (nSPS) is 12.8. The molecule has 0 spiro atoms. The van der Waals surface area contributed by atoms with Crippen molar-refractivity contribution in [1.29, 1.82) is 0 Å². The highest BCUT2D eigenvalue weighted by molar-refractivity contribution is 7.13. The topological polar surface area (TPSA) is 52.6 Å². The maximum absolute atomic E-state index is 4.66. The molecule has 0 bridgehead atoms. The van der Waals surface area contributed by atoms with Crippen LogP contribution in [0.4, 0.5) is 5.13 Å². The number of nitrogens with zero attached hydrogens (tertiary/aromatic N) is 3. The average molecular weight is 360 g/mol. The van der Waals surface area contributed by atoms with Crippen LogP contribution in [0.1, 0.15) is 36.6 Å². The SMILES string of the molecule is CCNC(=NCc1csc(N(C)C)n1)NCC(C)c1cccc(C)c1. The van der Waals surface area contributed by atoms with Gasteiger partial charge in [-0.2, -0.15) is 0 Å². The molecule has 1 aromatic carbocycles. The van der Waals surface area contributed by atoms with Gasteiger partial charge in [-0.1, -0.05) is 36.8 Å². The molecule has 1 heterocycles. The van der Waals surface area contributed by atoms with Crippen LogP contribution in [0.3, 0.4) is 0 Å². The molecule has 2 aromatic rings. The third-order valence-corrected chi connectivity index (χ3v) is 4.91. The molecule has 136 valence electrons. The fraction of sp³-hybridized carbons (Fsp3) is 0.474. The lowest BCUT2D eigenvalue weighted by Crippen LogP contribution is -2.39. The number of guanidine groups is 1. The van der Waals surface area contributed by atoms with Crippen molar-refractivity contribution < 1.29 is 0 Å². The molecule has 5 nitrogen and oxygen atoms in total. The van der Waals surface area contributed by atoms with E-state index in [-0.39, 0.29) is 0 Å². The van der Waals surface area contributed by atoms with Crippen molar-refractivity contribution in [2.75, 3.05) is 32.1 Å². The maximum Gasteiger partial charge on any atom is 0.191 e. The molecule has 1 atom stereocenters. The van der Waals surface area contributed by atoms with Crippen LogP contribution in [0.2, 0.25) is 0 Å². The molecule has 2 rings (SSSR count). The molecule has 0 aliphatic carbocycles. The van der Waals surface area contributed by atoms with Gasteiger partial charge in [0.25, 0.3) is 0 Å². The Morgan fingerprint density at radius 1 is 1.32 bits per heavy atom. The molecule has 0 radical (unpaired) electrons. The van der Waals surface area contributed by atoms with Crippen LogP contribution in [0.25, 0.3) is 0 Å². The number of thiazole rings is 1. The third kappa shape index (κ3) is 6.05. The Hall–Kier alpha value is -2.08. The molecule has 1 unspecified atom stereocenters. The number of nitrogens with one attached hydrogen (secondary N) is 2. The first kappa shape index (κ1) is 19.2. The zero-order valence-corrected chi connectivity index (χ0v) is 16.7. The Bertz CT molecular complexity index is 693. The second-order valence-corrected chi connectivity index (χ2v) is 7.24. The molecule has 0 fully saturated rings. The lowest BCUT2D eigenvalue weighted by Gasteiger charge is -2.16. The van der Waals surface area contributed by atoms with Crippen LogP contribution in [0, 0.1) is 6.92 Å². The summed E-state index contributed by atoms with van der Waals surface area (Å²) in [7, 11) is 4.01. The van der Waals surface area contributed by atoms with E-state index in [1.165, 1.54) is 11.1 Å². The van der Waals surface area contributed by atoms with Crippen molar-refractivity contribution in [3.8, 4) is 0 Å². The zero-order chi connectivity index (χ0) is 18.2. The van der Waals surface area contributed by atoms with Crippen molar-refractivity contribution in [2.24, 2.45) is 4.99 Å². The number of aliphatic imine (C=N–C) groups is 1. The molecule has 0 saturated carbocycles. The Morgan fingerprint density at radius 3 is 2.76 bits per heavy atom. The Balaban J connectivity index is 1.94. The number of benzene rings is 1. The van der Waals surface area contributed by atoms with Crippen LogP contribution < -0.4 is 15.5 Å². The first-order chi connectivity index (χ1) is 12.0. The van der Waals surface area contributed by atoms with Gasteiger partial charge in [0.05, 0.1) is 12.2 Å². The summed E-state index contributed by atoms with van der Waals surface area (Å²) in [4.78, 5) is 11.3. The molecule has 0 saturated heterocycles. The minimum Gasteiger partial charge on any atom is -0.357 e. The highest BCUT2D eigenvalue weighted by Crippen LogP contribution is 2.18. The number of anilines is 1. The van der Waals surface area contributed by atoms with Gasteiger partial charge >= 0.3 is 0 Å². The summed E-state index contributed by atoms with van der Waals surface area (Å²) < 4.78 is 0. The standard InChI is InChI=1S/C19H29N5S/c1-6-20-18(22-12-17-13-25-19(23-17)24(4)5)21-11-15(3)16-9-7-8-14(2)10-16/h7-10,13,15H,6,11-12H2,1-5H3,(H2,20,21,22). The fourth-order valence-electron chi connectivity index (χ4n) is 2.42. The largest absolute Gasteiger partial charge is 0.357 e. The van der Waals surface area contributed by atoms with Gasteiger partial charge < -0.3 is 15.5 Å². The average Bonchev–Trinajstić information content (AvgIpc) is 3.06. The lowest BCUT2D eigenvalue weighted by atomic mass is 9.99. The van der Waals surface area contributed by atoms with Gasteiger partial charge in [0.2, 0.25) is 0 Å². The van der Waals surface area contributed by atoms with Crippen LogP contribution in [0.15, 0.2) is 34.6 Å². The number of aromatic nitrogens is 1. The molecule has 25 heavy (non-hydrogen) atoms. The Kier molecular flexibility index (Phi) is 7.25. The molecular weight excluding hydrogens is 330 g/mol. The number of hydrogen-bond acceptors (Lipinski definition) is 4. The molecule has 0 aliphatic heterocycles. The van der Waals surface area contributed by atoms with Gasteiger partial charge in [0.15, 0.2) is 11.1 Å². The molecular formula is C19H29N5S. The summed E-state index contributed by atoms with van der Waals surface area (Å²) in [5.41, 5.74) is 3.64. The molecule has 2 N–H and O–H groups in total. The van der Waals surface area contributed by atoms with Crippen molar-refractivity contribution in [2.45, 2.75) is 33.2 Å². The van der Waals surface area contributed by atoms with Gasteiger partial charge in [-0.15, -0.1) is 11.3 Å². The van der Waals surface area contributed by atoms with E-state index in [2.05, 4.69) is 71.0 Å². The second-order valence-electron chi connectivity index (χ2n) is 6.41. The first-order valence-electron chi connectivity index (χ1n) is 8.70. The molecule has 6 heteroatoms. The summed E-state index contributed by atoms with van der Waals surface area (Å²) in [6.07, 6.45) is 0. The smallest absolute Gasteiger partial charge is 0.191 e. The Labute approximate surface area is 155 Å². The van der Waals surface area contributed by atoms with Crippen LogP contribution in [-0.2, 0) is 6.54 Å². The van der Waals surface area contributed by atoms with E-state index < -0.39 is 0 Å². The summed E-state index contributed by atoms with van der Waals surface area (Å²) in [5, 5.41) is 9.82. The summed E-state index contributed by atoms with van der Waals surface area (Å²) in [6.45, 7) is 8.70. The van der Waals surface area contributed by atoms with E-state index >= 15 is 0 Å². The Morgan fingerprint density at radius 2 is 2.12 bits per heavy atom. The van der Waals surface area contributed by atoms with E-state index in [1.54, 1.807) is 11.3 Å². The van der Waals surface area contributed by atoms with E-state index in [0.717, 1.165) is 29.9 Å². The van der Waals surface area contributed by atoms with Crippen molar-refractivity contribution in [3.63, 3.8) is 0 Å². The predicted molar refractivity (Wildman–Crippen MR) is 109 cm³/mol. The van der Waals surface area contributed by atoms with Gasteiger partial charge in [-0.25, -0.2) is 9.98 Å². The minimum absolute atomic E-state index is 0.420. The first-order valence-corrected chi connectivity index (χ1v) is 9.58. The van der Waals surface area contributed by atoms with E-state index in [0.29, 0.717) is 12.5 Å². The predicted octanol–water partition coefficient (Wildman–Crippen LogP) is 3.38. The number of rotatable bonds is 7. The van der Waals surface area contributed by atoms with Gasteiger partial charge in [0, 0.05) is 32.6 Å². The summed E-state index contributed by atoms with van der Waals surface area (Å²) >= 11 is 1.64. The third-order valence-electron chi connectivity index (χ3n) is 3.85. The number of hydrogen-bond donors (Lipinski definition) is 2. The summed E-state index contributed by atoms with van der Waals surface area (Å²) in [5.74, 6) is 1.25. The van der Waals surface area contributed by atoms with Gasteiger partial charge in [-0.3, -0.25) is 0 Å². The van der Waals surface area contributed by atoms with Crippen LogP contribution in [0.5, 0.6) is 0 Å². The fourth-order valence-corrected chi connectivity index (χ4v) is 3.17. The highest BCUT2D eigenvalue weighted by atomic mass is 32.1. The second kappa shape index (κ2) is 9.42. The van der Waals surface area contributed by atoms with E-state index in [4.69, 9.17) is 0 Å². The van der Waals surface area contributed by atoms with E-state index in [1.807, 2.05) is 19.0 Å².